The maximum absolute atomic E-state index is 5.19. The lowest BCUT2D eigenvalue weighted by atomic mass is 10.2. The maximum Gasteiger partial charge on any atom is 0.195 e. The Kier molecular flexibility index (Phi) is 3.14. The van der Waals surface area contributed by atoms with Gasteiger partial charge in [0.25, 0.3) is 0 Å². The molecule has 5 heteroatoms. The van der Waals surface area contributed by atoms with E-state index in [1.54, 1.807) is 6.20 Å². The molecule has 0 atom stereocenters. The predicted molar refractivity (Wildman–Crippen MR) is 64.8 cm³/mol. The molecule has 0 aliphatic heterocycles. The number of aromatic nitrogens is 4. The van der Waals surface area contributed by atoms with Gasteiger partial charge in [0.05, 0.1) is 0 Å². The van der Waals surface area contributed by atoms with Crippen LogP contribution >= 0.6 is 12.2 Å². The van der Waals surface area contributed by atoms with Crippen molar-refractivity contribution in [3.05, 3.63) is 40.7 Å². The monoisotopic (exact) mass is 234 g/mol. The number of nitrogens with zero attached hydrogens (tertiary/aromatic N) is 3. The summed E-state index contributed by atoms with van der Waals surface area (Å²) >= 11 is 5.19. The van der Waals surface area contributed by atoms with Gasteiger partial charge < -0.3 is 4.57 Å². The smallest absolute Gasteiger partial charge is 0.195 e. The molecule has 0 bridgehead atoms. The Hall–Kier alpha value is -1.49. The lowest BCUT2D eigenvalue weighted by Gasteiger charge is -2.09. The van der Waals surface area contributed by atoms with Crippen LogP contribution < -0.4 is 0 Å². The van der Waals surface area contributed by atoms with Gasteiger partial charge in [-0.25, -0.2) is 0 Å². The molecule has 0 aliphatic carbocycles. The quantitative estimate of drug-likeness (QED) is 0.830. The van der Waals surface area contributed by atoms with Gasteiger partial charge in [-0.3, -0.25) is 10.1 Å². The second kappa shape index (κ2) is 4.57. The van der Waals surface area contributed by atoms with E-state index < -0.39 is 0 Å². The second-order valence-electron chi connectivity index (χ2n) is 3.95. The van der Waals surface area contributed by atoms with E-state index in [1.165, 1.54) is 0 Å². The zero-order valence-corrected chi connectivity index (χ0v) is 10.2. The normalized spacial score (nSPS) is 10.9. The van der Waals surface area contributed by atoms with Crippen LogP contribution in [0.4, 0.5) is 0 Å². The third kappa shape index (κ3) is 2.19. The summed E-state index contributed by atoms with van der Waals surface area (Å²) in [6.45, 7) is 4.19. The van der Waals surface area contributed by atoms with Gasteiger partial charge in [-0.05, 0) is 37.7 Å². The minimum absolute atomic E-state index is 0.318. The molecule has 0 fully saturated rings. The Morgan fingerprint density at radius 3 is 2.94 bits per heavy atom. The van der Waals surface area contributed by atoms with Crippen LogP contribution in [0.1, 0.15) is 31.3 Å². The van der Waals surface area contributed by atoms with Gasteiger partial charge >= 0.3 is 0 Å². The highest BCUT2D eigenvalue weighted by atomic mass is 32.1. The average molecular weight is 234 g/mol. The molecule has 0 saturated heterocycles. The Balaban J connectivity index is 2.32. The molecule has 0 aromatic carbocycles. The maximum atomic E-state index is 5.19. The van der Waals surface area contributed by atoms with Crippen LogP contribution in [-0.4, -0.2) is 19.7 Å². The fourth-order valence-corrected chi connectivity index (χ4v) is 2.04. The molecular weight excluding hydrogens is 220 g/mol. The Morgan fingerprint density at radius 2 is 2.31 bits per heavy atom. The minimum Gasteiger partial charge on any atom is -0.301 e. The summed E-state index contributed by atoms with van der Waals surface area (Å²) < 4.78 is 2.70. The molecule has 84 valence electrons. The molecule has 2 rings (SSSR count). The van der Waals surface area contributed by atoms with E-state index in [9.17, 15) is 0 Å². The third-order valence-corrected chi connectivity index (χ3v) is 2.67. The number of aromatic amines is 1. The fraction of sp³-hybridized carbons (Fsp3) is 0.364. The standard InChI is InChI=1S/C11H14N4S/c1-8(2)15-10(13-14-11(15)16)6-9-4-3-5-12-7-9/h3-5,7-8H,6H2,1-2H3,(H,14,16). The molecular formula is C11H14N4S. The van der Waals surface area contributed by atoms with Gasteiger partial charge in [-0.15, -0.1) is 0 Å². The number of hydrogen-bond acceptors (Lipinski definition) is 3. The average Bonchev–Trinajstić information content (AvgIpc) is 2.61. The van der Waals surface area contributed by atoms with Gasteiger partial charge in [-0.2, -0.15) is 5.10 Å². The molecule has 0 radical (unpaired) electrons. The number of H-pyrrole nitrogens is 1. The first-order valence-corrected chi connectivity index (χ1v) is 5.64. The van der Waals surface area contributed by atoms with Crippen molar-refractivity contribution in [2.75, 3.05) is 0 Å². The summed E-state index contributed by atoms with van der Waals surface area (Å²) in [6, 6.07) is 4.28. The highest BCUT2D eigenvalue weighted by Gasteiger charge is 2.09. The van der Waals surface area contributed by atoms with Gasteiger partial charge in [0, 0.05) is 24.9 Å². The lowest BCUT2D eigenvalue weighted by molar-refractivity contribution is 0.567. The fourth-order valence-electron chi connectivity index (χ4n) is 1.68. The highest BCUT2D eigenvalue weighted by Crippen LogP contribution is 2.12. The second-order valence-corrected chi connectivity index (χ2v) is 4.33. The number of hydrogen-bond donors (Lipinski definition) is 1. The van der Waals surface area contributed by atoms with Crippen LogP contribution in [0, 0.1) is 4.77 Å². The first-order valence-electron chi connectivity index (χ1n) is 5.23. The van der Waals surface area contributed by atoms with Crippen LogP contribution in [0.25, 0.3) is 0 Å². The van der Waals surface area contributed by atoms with E-state index in [4.69, 9.17) is 12.2 Å². The van der Waals surface area contributed by atoms with Crippen molar-refractivity contribution in [3.63, 3.8) is 0 Å². The molecule has 2 heterocycles. The van der Waals surface area contributed by atoms with Crippen LogP contribution in [0.2, 0.25) is 0 Å². The van der Waals surface area contributed by atoms with Gasteiger partial charge in [-0.1, -0.05) is 6.07 Å². The van der Waals surface area contributed by atoms with Gasteiger partial charge in [0.2, 0.25) is 0 Å². The largest absolute Gasteiger partial charge is 0.301 e. The molecule has 0 saturated carbocycles. The molecule has 2 aromatic rings. The zero-order valence-electron chi connectivity index (χ0n) is 9.34. The molecule has 0 spiro atoms. The first kappa shape index (κ1) is 11.0. The van der Waals surface area contributed by atoms with Crippen molar-refractivity contribution in [2.24, 2.45) is 0 Å². The van der Waals surface area contributed by atoms with Crippen LogP contribution in [0.3, 0.4) is 0 Å². The highest BCUT2D eigenvalue weighted by molar-refractivity contribution is 7.71. The number of pyridine rings is 1. The summed E-state index contributed by atoms with van der Waals surface area (Å²) in [6.07, 6.45) is 4.37. The van der Waals surface area contributed by atoms with Crippen molar-refractivity contribution >= 4 is 12.2 Å². The molecule has 1 N–H and O–H groups in total. The van der Waals surface area contributed by atoms with Crippen LogP contribution in [0.15, 0.2) is 24.5 Å². The van der Waals surface area contributed by atoms with Crippen molar-refractivity contribution in [3.8, 4) is 0 Å². The first-order chi connectivity index (χ1) is 7.68. The molecule has 0 unspecified atom stereocenters. The SMILES string of the molecule is CC(C)n1c(Cc2cccnc2)n[nH]c1=S. The van der Waals surface area contributed by atoms with E-state index in [0.29, 0.717) is 10.8 Å². The van der Waals surface area contributed by atoms with E-state index in [0.717, 1.165) is 17.8 Å². The van der Waals surface area contributed by atoms with Gasteiger partial charge in [0.1, 0.15) is 5.82 Å². The Morgan fingerprint density at radius 1 is 1.50 bits per heavy atom. The van der Waals surface area contributed by atoms with E-state index in [2.05, 4.69) is 29.0 Å². The van der Waals surface area contributed by atoms with Crippen molar-refractivity contribution in [2.45, 2.75) is 26.3 Å². The molecule has 2 aromatic heterocycles. The summed E-state index contributed by atoms with van der Waals surface area (Å²) in [4.78, 5) is 4.09. The van der Waals surface area contributed by atoms with Gasteiger partial charge in [0.15, 0.2) is 4.77 Å². The summed E-state index contributed by atoms with van der Waals surface area (Å²) in [5, 5.41) is 7.08. The Labute approximate surface area is 99.4 Å². The molecule has 4 nitrogen and oxygen atoms in total. The molecule has 16 heavy (non-hydrogen) atoms. The lowest BCUT2D eigenvalue weighted by Crippen LogP contribution is -2.07. The topological polar surface area (TPSA) is 46.5 Å². The number of nitrogens with one attached hydrogen (secondary N) is 1. The van der Waals surface area contributed by atoms with E-state index >= 15 is 0 Å². The Bertz CT molecular complexity index is 512. The summed E-state index contributed by atoms with van der Waals surface area (Å²) in [5.74, 6) is 0.952. The molecule has 0 aliphatic rings. The third-order valence-electron chi connectivity index (χ3n) is 2.38. The summed E-state index contributed by atoms with van der Waals surface area (Å²) in [5.41, 5.74) is 1.14. The van der Waals surface area contributed by atoms with Crippen molar-refractivity contribution in [1.82, 2.24) is 19.7 Å². The van der Waals surface area contributed by atoms with Crippen molar-refractivity contribution in [1.29, 1.82) is 0 Å². The zero-order chi connectivity index (χ0) is 11.5. The molecule has 0 amide bonds. The van der Waals surface area contributed by atoms with Crippen molar-refractivity contribution < 1.29 is 0 Å². The van der Waals surface area contributed by atoms with Crippen LogP contribution in [-0.2, 0) is 6.42 Å². The minimum atomic E-state index is 0.318. The van der Waals surface area contributed by atoms with Crippen LogP contribution in [0.5, 0.6) is 0 Å². The number of rotatable bonds is 3. The predicted octanol–water partition coefficient (Wildman–Crippen LogP) is 2.51. The van der Waals surface area contributed by atoms with E-state index in [-0.39, 0.29) is 0 Å². The van der Waals surface area contributed by atoms with E-state index in [1.807, 2.05) is 22.9 Å². The summed E-state index contributed by atoms with van der Waals surface area (Å²) in [7, 11) is 0.